The summed E-state index contributed by atoms with van der Waals surface area (Å²) in [6.07, 6.45) is 0.904. The first-order chi connectivity index (χ1) is 8.45. The number of carbonyl (C=O) groups excluding carboxylic acids is 1. The second-order valence-corrected chi connectivity index (χ2v) is 5.17. The summed E-state index contributed by atoms with van der Waals surface area (Å²) in [6.45, 7) is 4.59. The molecule has 3 nitrogen and oxygen atoms in total. The van der Waals surface area contributed by atoms with Gasteiger partial charge in [0.05, 0.1) is 6.04 Å². The highest BCUT2D eigenvalue weighted by molar-refractivity contribution is 6.30. The fourth-order valence-corrected chi connectivity index (χ4v) is 1.82. The van der Waals surface area contributed by atoms with Gasteiger partial charge in [-0.05, 0) is 23.6 Å². The molecule has 0 fully saturated rings. The van der Waals surface area contributed by atoms with Gasteiger partial charge in [0.2, 0.25) is 5.91 Å². The van der Waals surface area contributed by atoms with Crippen LogP contribution in [-0.2, 0) is 11.3 Å². The number of nitrogens with zero attached hydrogens (tertiary/aromatic N) is 1. The monoisotopic (exact) mass is 268 g/mol. The van der Waals surface area contributed by atoms with Crippen molar-refractivity contribution in [2.45, 2.75) is 32.9 Å². The molecule has 0 aliphatic carbocycles. The molecule has 1 rings (SSSR count). The maximum atomic E-state index is 12.1. The molecule has 0 aliphatic rings. The van der Waals surface area contributed by atoms with Gasteiger partial charge >= 0.3 is 0 Å². The fourth-order valence-electron chi connectivity index (χ4n) is 1.69. The van der Waals surface area contributed by atoms with Crippen molar-refractivity contribution in [1.29, 1.82) is 0 Å². The molecule has 1 aromatic rings. The summed E-state index contributed by atoms with van der Waals surface area (Å²) in [4.78, 5) is 13.8. The first kappa shape index (κ1) is 15.0. The van der Waals surface area contributed by atoms with Crippen LogP contribution in [0.5, 0.6) is 0 Å². The molecule has 4 heteroatoms. The van der Waals surface area contributed by atoms with Gasteiger partial charge < -0.3 is 10.6 Å². The van der Waals surface area contributed by atoms with Gasteiger partial charge in [-0.15, -0.1) is 0 Å². The van der Waals surface area contributed by atoms with Crippen molar-refractivity contribution in [1.82, 2.24) is 4.90 Å². The predicted molar refractivity (Wildman–Crippen MR) is 75.4 cm³/mol. The van der Waals surface area contributed by atoms with E-state index in [-0.39, 0.29) is 11.8 Å². The third-order valence-corrected chi connectivity index (χ3v) is 3.50. The Bertz CT molecular complexity index is 391. The van der Waals surface area contributed by atoms with Crippen LogP contribution in [-0.4, -0.2) is 23.9 Å². The molecule has 18 heavy (non-hydrogen) atoms. The van der Waals surface area contributed by atoms with Crippen LogP contribution in [0.15, 0.2) is 24.3 Å². The highest BCUT2D eigenvalue weighted by Gasteiger charge is 2.22. The minimum absolute atomic E-state index is 0.0145. The van der Waals surface area contributed by atoms with Crippen molar-refractivity contribution in [3.05, 3.63) is 34.9 Å². The smallest absolute Gasteiger partial charge is 0.239 e. The van der Waals surface area contributed by atoms with Crippen molar-refractivity contribution in [2.24, 2.45) is 11.7 Å². The molecule has 0 spiro atoms. The average molecular weight is 269 g/mol. The highest BCUT2D eigenvalue weighted by atomic mass is 35.5. The maximum Gasteiger partial charge on any atom is 0.239 e. The molecule has 2 atom stereocenters. The Morgan fingerprint density at radius 1 is 1.39 bits per heavy atom. The summed E-state index contributed by atoms with van der Waals surface area (Å²) >= 11 is 5.82. The van der Waals surface area contributed by atoms with E-state index in [1.807, 2.05) is 38.1 Å². The number of benzene rings is 1. The molecule has 1 aromatic carbocycles. The number of halogens is 1. The molecule has 1 amide bonds. The van der Waals surface area contributed by atoms with Crippen molar-refractivity contribution in [2.75, 3.05) is 7.05 Å². The van der Waals surface area contributed by atoms with E-state index in [4.69, 9.17) is 17.3 Å². The summed E-state index contributed by atoms with van der Waals surface area (Å²) in [5.74, 6) is 0.185. The van der Waals surface area contributed by atoms with E-state index >= 15 is 0 Å². The first-order valence-corrected chi connectivity index (χ1v) is 6.58. The van der Waals surface area contributed by atoms with Crippen molar-refractivity contribution < 1.29 is 4.79 Å². The number of carbonyl (C=O) groups is 1. The Labute approximate surface area is 114 Å². The van der Waals surface area contributed by atoms with E-state index in [0.717, 1.165) is 12.0 Å². The van der Waals surface area contributed by atoms with Crippen molar-refractivity contribution in [3.63, 3.8) is 0 Å². The van der Waals surface area contributed by atoms with Crippen LogP contribution < -0.4 is 5.73 Å². The zero-order valence-corrected chi connectivity index (χ0v) is 11.9. The van der Waals surface area contributed by atoms with Gasteiger partial charge in [0, 0.05) is 18.6 Å². The van der Waals surface area contributed by atoms with E-state index in [0.29, 0.717) is 11.6 Å². The second kappa shape index (κ2) is 6.76. The highest BCUT2D eigenvalue weighted by Crippen LogP contribution is 2.13. The van der Waals surface area contributed by atoms with E-state index in [2.05, 4.69) is 0 Å². The van der Waals surface area contributed by atoms with Crippen LogP contribution in [0.2, 0.25) is 5.02 Å². The van der Waals surface area contributed by atoms with E-state index in [1.165, 1.54) is 0 Å². The topological polar surface area (TPSA) is 46.3 Å². The Hall–Kier alpha value is -1.06. The molecule has 2 unspecified atom stereocenters. The number of rotatable bonds is 5. The molecular weight excluding hydrogens is 248 g/mol. The van der Waals surface area contributed by atoms with E-state index in [1.54, 1.807) is 11.9 Å². The van der Waals surface area contributed by atoms with Crippen LogP contribution in [0.25, 0.3) is 0 Å². The Morgan fingerprint density at radius 3 is 2.44 bits per heavy atom. The molecule has 100 valence electrons. The lowest BCUT2D eigenvalue weighted by atomic mass is 9.99. The van der Waals surface area contributed by atoms with Gasteiger partial charge in [0.15, 0.2) is 0 Å². The number of hydrogen-bond acceptors (Lipinski definition) is 2. The molecule has 0 heterocycles. The minimum Gasteiger partial charge on any atom is -0.340 e. The largest absolute Gasteiger partial charge is 0.340 e. The van der Waals surface area contributed by atoms with Crippen molar-refractivity contribution >= 4 is 17.5 Å². The first-order valence-electron chi connectivity index (χ1n) is 6.20. The van der Waals surface area contributed by atoms with Gasteiger partial charge in [-0.3, -0.25) is 4.79 Å². The normalized spacial score (nSPS) is 14.1. The number of amides is 1. The molecule has 0 aromatic heterocycles. The lowest BCUT2D eigenvalue weighted by Crippen LogP contribution is -2.45. The third-order valence-electron chi connectivity index (χ3n) is 3.25. The summed E-state index contributed by atoms with van der Waals surface area (Å²) in [5, 5.41) is 0.698. The third kappa shape index (κ3) is 4.00. The second-order valence-electron chi connectivity index (χ2n) is 4.73. The summed E-state index contributed by atoms with van der Waals surface area (Å²) < 4.78 is 0. The summed E-state index contributed by atoms with van der Waals surface area (Å²) in [7, 11) is 1.78. The zero-order valence-electron chi connectivity index (χ0n) is 11.2. The molecule has 2 N–H and O–H groups in total. The van der Waals surface area contributed by atoms with Gasteiger partial charge in [-0.1, -0.05) is 44.0 Å². The fraction of sp³-hybridized carbons (Fsp3) is 0.500. The van der Waals surface area contributed by atoms with E-state index in [9.17, 15) is 4.79 Å². The number of likely N-dealkylation sites (N-methyl/N-ethyl adjacent to an activating group) is 1. The van der Waals surface area contributed by atoms with Crippen LogP contribution in [0.3, 0.4) is 0 Å². The zero-order chi connectivity index (χ0) is 13.7. The molecule has 0 saturated carbocycles. The van der Waals surface area contributed by atoms with Gasteiger partial charge in [-0.2, -0.15) is 0 Å². The SMILES string of the molecule is CCC(C)C(N)C(=O)N(C)Cc1ccc(Cl)cc1. The Morgan fingerprint density at radius 2 is 1.94 bits per heavy atom. The molecular formula is C14H21ClN2O. The van der Waals surface area contributed by atoms with Crippen LogP contribution in [0, 0.1) is 5.92 Å². The minimum atomic E-state index is -0.424. The number of hydrogen-bond donors (Lipinski definition) is 1. The molecule has 0 radical (unpaired) electrons. The predicted octanol–water partition coefficient (Wildman–Crippen LogP) is 2.67. The lowest BCUT2D eigenvalue weighted by Gasteiger charge is -2.24. The Balaban J connectivity index is 2.62. The van der Waals surface area contributed by atoms with Crippen LogP contribution >= 0.6 is 11.6 Å². The van der Waals surface area contributed by atoms with Crippen molar-refractivity contribution in [3.8, 4) is 0 Å². The summed E-state index contributed by atoms with van der Waals surface area (Å²) in [6, 6.07) is 7.06. The molecule has 0 saturated heterocycles. The Kier molecular flexibility index (Phi) is 5.63. The summed E-state index contributed by atoms with van der Waals surface area (Å²) in [5.41, 5.74) is 6.99. The molecule has 0 aliphatic heterocycles. The molecule has 0 bridgehead atoms. The van der Waals surface area contributed by atoms with Gasteiger partial charge in [0.1, 0.15) is 0 Å². The maximum absolute atomic E-state index is 12.1. The number of nitrogens with two attached hydrogens (primary N) is 1. The van der Waals surface area contributed by atoms with Gasteiger partial charge in [-0.25, -0.2) is 0 Å². The quantitative estimate of drug-likeness (QED) is 0.892. The standard InChI is InChI=1S/C14H21ClN2O/c1-4-10(2)13(16)14(18)17(3)9-11-5-7-12(15)8-6-11/h5-8,10,13H,4,9,16H2,1-3H3. The van der Waals surface area contributed by atoms with E-state index < -0.39 is 6.04 Å². The van der Waals surface area contributed by atoms with Crippen LogP contribution in [0.4, 0.5) is 0 Å². The van der Waals surface area contributed by atoms with Gasteiger partial charge in [0.25, 0.3) is 0 Å². The lowest BCUT2D eigenvalue weighted by molar-refractivity contribution is -0.132. The average Bonchev–Trinajstić information content (AvgIpc) is 2.38. The van der Waals surface area contributed by atoms with Crippen LogP contribution in [0.1, 0.15) is 25.8 Å².